The third-order valence-corrected chi connectivity index (χ3v) is 3.60. The topological polar surface area (TPSA) is 60.5 Å². The molecule has 0 aliphatic heterocycles. The van der Waals surface area contributed by atoms with E-state index in [2.05, 4.69) is 9.98 Å². The fourth-order valence-electron chi connectivity index (χ4n) is 1.08. The number of hydrogen-bond donors (Lipinski definition) is 1. The Kier molecular flexibility index (Phi) is 2.98. The van der Waals surface area contributed by atoms with Gasteiger partial charge < -0.3 is 10.5 Å². The van der Waals surface area contributed by atoms with Crippen LogP contribution in [0.4, 0.5) is 10.8 Å². The molecule has 0 bridgehead atoms. The van der Waals surface area contributed by atoms with E-state index in [-0.39, 0.29) is 0 Å². The highest BCUT2D eigenvalue weighted by molar-refractivity contribution is 7.69. The van der Waals surface area contributed by atoms with Gasteiger partial charge in [-0.15, -0.1) is 0 Å². The van der Waals surface area contributed by atoms with Crippen molar-refractivity contribution in [3.05, 3.63) is 29.1 Å². The average molecular weight is 239 g/mol. The summed E-state index contributed by atoms with van der Waals surface area (Å²) in [6.07, 6.45) is 0. The lowest BCUT2D eigenvalue weighted by Gasteiger charge is -2.01. The molecular formula is C9H9N3OS2. The molecule has 1 aromatic heterocycles. The molecule has 0 radical (unpaired) electrons. The minimum Gasteiger partial charge on any atom is -0.494 e. The molecule has 6 heteroatoms. The maximum Gasteiger partial charge on any atom is 0.222 e. The van der Waals surface area contributed by atoms with Crippen LogP contribution in [-0.4, -0.2) is 12.1 Å². The second kappa shape index (κ2) is 4.41. The van der Waals surface area contributed by atoms with Crippen LogP contribution in [0.25, 0.3) is 0 Å². The fourth-order valence-corrected chi connectivity index (χ4v) is 2.51. The molecule has 0 atom stereocenters. The number of rotatable bonds is 2. The Morgan fingerprint density at radius 2 is 2.13 bits per heavy atom. The van der Waals surface area contributed by atoms with E-state index in [9.17, 15) is 0 Å². The van der Waals surface area contributed by atoms with Gasteiger partial charge in [-0.3, -0.25) is 0 Å². The van der Waals surface area contributed by atoms with Gasteiger partial charge in [0.2, 0.25) is 4.80 Å². The predicted molar refractivity (Wildman–Crippen MR) is 62.6 cm³/mol. The number of ether oxygens (including phenoxy) is 1. The van der Waals surface area contributed by atoms with E-state index in [4.69, 9.17) is 10.5 Å². The van der Waals surface area contributed by atoms with Crippen LogP contribution < -0.4 is 15.3 Å². The monoisotopic (exact) mass is 239 g/mol. The Morgan fingerprint density at radius 1 is 1.33 bits per heavy atom. The van der Waals surface area contributed by atoms with Crippen LogP contribution in [0.5, 0.6) is 5.75 Å². The Hall–Kier alpha value is -1.40. The van der Waals surface area contributed by atoms with Gasteiger partial charge >= 0.3 is 0 Å². The van der Waals surface area contributed by atoms with Crippen LogP contribution in [0.3, 0.4) is 0 Å². The Labute approximate surface area is 94.1 Å². The molecule has 1 heterocycles. The van der Waals surface area contributed by atoms with E-state index < -0.39 is 0 Å². The normalized spacial score (nSPS) is 11.7. The van der Waals surface area contributed by atoms with Crippen molar-refractivity contribution in [1.29, 1.82) is 0 Å². The summed E-state index contributed by atoms with van der Waals surface area (Å²) in [5, 5.41) is 0.536. The molecule has 0 spiro atoms. The number of nitrogens with zero attached hydrogens (tertiary/aromatic N) is 2. The van der Waals surface area contributed by atoms with Crippen LogP contribution in [0, 0.1) is 0 Å². The smallest absolute Gasteiger partial charge is 0.222 e. The number of nitrogens with two attached hydrogens (primary N) is 1. The Balaban J connectivity index is 2.47. The van der Waals surface area contributed by atoms with Crippen molar-refractivity contribution < 1.29 is 4.74 Å². The summed E-state index contributed by atoms with van der Waals surface area (Å²) in [7, 11) is 4.48. The fraction of sp³-hybridized carbons (Fsp3) is 0.111. The van der Waals surface area contributed by atoms with Crippen LogP contribution in [0.15, 0.2) is 29.3 Å². The molecule has 1 aromatic carbocycles. The van der Waals surface area contributed by atoms with Crippen molar-refractivity contribution in [1.82, 2.24) is 4.98 Å². The molecule has 0 fully saturated rings. The van der Waals surface area contributed by atoms with Gasteiger partial charge in [0.15, 0.2) is 5.13 Å². The molecule has 0 aliphatic carbocycles. The van der Waals surface area contributed by atoms with Gasteiger partial charge in [0.1, 0.15) is 11.4 Å². The number of aromatic nitrogens is 1. The summed E-state index contributed by atoms with van der Waals surface area (Å²) >= 11 is 0. The van der Waals surface area contributed by atoms with Gasteiger partial charge in [0, 0.05) is 0 Å². The number of nitrogen functional groups attached to an aromatic ring is 1. The van der Waals surface area contributed by atoms with Crippen molar-refractivity contribution >= 4 is 31.5 Å². The molecule has 15 heavy (non-hydrogen) atoms. The maximum atomic E-state index is 5.53. The molecule has 2 rings (SSSR count). The second-order valence-electron chi connectivity index (χ2n) is 2.68. The van der Waals surface area contributed by atoms with Crippen LogP contribution >= 0.6 is 20.7 Å². The highest BCUT2D eigenvalue weighted by atomic mass is 32.9. The molecule has 78 valence electrons. The lowest BCUT2D eigenvalue weighted by atomic mass is 10.3. The lowest BCUT2D eigenvalue weighted by Crippen LogP contribution is -1.98. The molecule has 2 N–H and O–H groups in total. The average Bonchev–Trinajstić information content (AvgIpc) is 2.65. The van der Waals surface area contributed by atoms with Crippen molar-refractivity contribution in [2.45, 2.75) is 0 Å². The lowest BCUT2D eigenvalue weighted by molar-refractivity contribution is 0.416. The van der Waals surface area contributed by atoms with Gasteiger partial charge in [0.25, 0.3) is 0 Å². The van der Waals surface area contributed by atoms with Gasteiger partial charge in [-0.25, -0.2) is 4.99 Å². The van der Waals surface area contributed by atoms with Crippen LogP contribution in [0.1, 0.15) is 0 Å². The SMILES string of the molecule is COc1ccccc1N=c1nc(N)ss1. The highest BCUT2D eigenvalue weighted by Gasteiger charge is 1.99. The molecule has 0 unspecified atom stereocenters. The highest BCUT2D eigenvalue weighted by Crippen LogP contribution is 2.25. The molecule has 0 saturated heterocycles. The zero-order valence-corrected chi connectivity index (χ0v) is 9.64. The summed E-state index contributed by atoms with van der Waals surface area (Å²) in [5.41, 5.74) is 6.29. The van der Waals surface area contributed by atoms with Gasteiger partial charge in [-0.05, 0) is 32.8 Å². The zero-order chi connectivity index (χ0) is 10.7. The van der Waals surface area contributed by atoms with Crippen LogP contribution in [-0.2, 0) is 0 Å². The third kappa shape index (κ3) is 2.34. The third-order valence-electron chi connectivity index (χ3n) is 1.71. The standard InChI is InChI=1S/C9H9N3OS2/c1-13-7-5-3-2-4-6(7)11-9-12-8(10)14-15-9/h2-5H,1H3,(H2,10,11,12). The number of para-hydroxylation sites is 2. The zero-order valence-electron chi connectivity index (χ0n) is 8.01. The minimum atomic E-state index is 0.536. The largest absolute Gasteiger partial charge is 0.494 e. The number of benzene rings is 1. The second-order valence-corrected chi connectivity index (χ2v) is 4.80. The van der Waals surface area contributed by atoms with E-state index in [1.54, 1.807) is 7.11 Å². The number of methoxy groups -OCH3 is 1. The first-order chi connectivity index (χ1) is 7.29. The first-order valence-electron chi connectivity index (χ1n) is 4.20. The molecule has 0 amide bonds. The number of hydrogen-bond acceptors (Lipinski definition) is 6. The summed E-state index contributed by atoms with van der Waals surface area (Å²) in [4.78, 5) is 9.07. The molecular weight excluding hydrogens is 230 g/mol. The quantitative estimate of drug-likeness (QED) is 0.816. The summed E-state index contributed by atoms with van der Waals surface area (Å²) in [6.45, 7) is 0. The van der Waals surface area contributed by atoms with E-state index in [0.29, 0.717) is 9.93 Å². The Morgan fingerprint density at radius 3 is 2.80 bits per heavy atom. The molecule has 0 saturated carbocycles. The molecule has 2 aromatic rings. The first kappa shape index (κ1) is 10.1. The van der Waals surface area contributed by atoms with Crippen molar-refractivity contribution in [3.63, 3.8) is 0 Å². The maximum absolute atomic E-state index is 5.53. The summed E-state index contributed by atoms with van der Waals surface area (Å²) in [5.74, 6) is 0.733. The van der Waals surface area contributed by atoms with Gasteiger partial charge in [0.05, 0.1) is 7.11 Å². The molecule has 0 aliphatic rings. The first-order valence-corrected chi connectivity index (χ1v) is 6.35. The van der Waals surface area contributed by atoms with E-state index in [0.717, 1.165) is 11.4 Å². The molecule has 4 nitrogen and oxygen atoms in total. The Bertz CT molecular complexity index is 518. The van der Waals surface area contributed by atoms with E-state index >= 15 is 0 Å². The number of anilines is 1. The predicted octanol–water partition coefficient (Wildman–Crippen LogP) is 2.03. The summed E-state index contributed by atoms with van der Waals surface area (Å²) < 4.78 is 5.18. The van der Waals surface area contributed by atoms with Gasteiger partial charge in [-0.2, -0.15) is 4.98 Å². The van der Waals surface area contributed by atoms with E-state index in [1.807, 2.05) is 24.3 Å². The summed E-state index contributed by atoms with van der Waals surface area (Å²) in [6, 6.07) is 7.54. The van der Waals surface area contributed by atoms with Gasteiger partial charge in [-0.1, -0.05) is 12.1 Å². The van der Waals surface area contributed by atoms with Crippen molar-refractivity contribution in [3.8, 4) is 5.75 Å². The van der Waals surface area contributed by atoms with Crippen LogP contribution in [0.2, 0.25) is 0 Å². The van der Waals surface area contributed by atoms with E-state index in [1.165, 1.54) is 20.7 Å². The minimum absolute atomic E-state index is 0.536. The van der Waals surface area contributed by atoms with Crippen molar-refractivity contribution in [2.75, 3.05) is 12.8 Å². The van der Waals surface area contributed by atoms with Crippen molar-refractivity contribution in [2.24, 2.45) is 4.99 Å².